The molecule has 1 aromatic heterocycles. The van der Waals surface area contributed by atoms with E-state index in [1.54, 1.807) is 37.6 Å². The van der Waals surface area contributed by atoms with E-state index >= 15 is 0 Å². The fourth-order valence-electron chi connectivity index (χ4n) is 3.18. The van der Waals surface area contributed by atoms with Crippen molar-refractivity contribution < 1.29 is 9.53 Å². The van der Waals surface area contributed by atoms with E-state index in [0.29, 0.717) is 29.2 Å². The molecule has 7 nitrogen and oxygen atoms in total. The molecule has 26 heavy (non-hydrogen) atoms. The van der Waals surface area contributed by atoms with Crippen molar-refractivity contribution in [2.24, 2.45) is 0 Å². The van der Waals surface area contributed by atoms with E-state index in [4.69, 9.17) is 4.74 Å². The van der Waals surface area contributed by atoms with Crippen LogP contribution in [-0.4, -0.2) is 35.9 Å². The van der Waals surface area contributed by atoms with E-state index < -0.39 is 0 Å². The summed E-state index contributed by atoms with van der Waals surface area (Å²) in [5, 5.41) is 7.03. The number of amides is 1. The van der Waals surface area contributed by atoms with Crippen LogP contribution in [0.25, 0.3) is 0 Å². The van der Waals surface area contributed by atoms with Gasteiger partial charge in [-0.3, -0.25) is 9.59 Å². The Hall–Kier alpha value is -2.83. The zero-order valence-electron chi connectivity index (χ0n) is 15.2. The number of ether oxygens (including phenoxy) is 1. The van der Waals surface area contributed by atoms with Crippen molar-refractivity contribution in [1.82, 2.24) is 9.78 Å². The number of carbonyl (C=O) groups excluding carboxylic acids is 1. The second-order valence-electron chi connectivity index (χ2n) is 6.26. The lowest BCUT2D eigenvalue weighted by molar-refractivity contribution is 0.102. The Kier molecular flexibility index (Phi) is 5.55. The number of anilines is 2. The van der Waals surface area contributed by atoms with Gasteiger partial charge in [-0.05, 0) is 44.4 Å². The Bertz CT molecular complexity index is 841. The summed E-state index contributed by atoms with van der Waals surface area (Å²) in [6, 6.07) is 6.91. The molecule has 1 amide bonds. The first kappa shape index (κ1) is 18.0. The van der Waals surface area contributed by atoms with Crippen LogP contribution in [0.3, 0.4) is 0 Å². The second-order valence-corrected chi connectivity index (χ2v) is 6.26. The number of hydrogen-bond acceptors (Lipinski definition) is 5. The van der Waals surface area contributed by atoms with Gasteiger partial charge in [0.15, 0.2) is 0 Å². The third-order valence-corrected chi connectivity index (χ3v) is 4.57. The minimum absolute atomic E-state index is 0.169. The third kappa shape index (κ3) is 3.71. The molecule has 2 heterocycles. The van der Waals surface area contributed by atoms with Gasteiger partial charge < -0.3 is 15.0 Å². The van der Waals surface area contributed by atoms with Crippen LogP contribution in [0.2, 0.25) is 0 Å². The first-order valence-electron chi connectivity index (χ1n) is 8.94. The number of benzene rings is 1. The molecule has 1 aromatic carbocycles. The number of piperidine rings is 1. The molecule has 1 saturated heterocycles. The second kappa shape index (κ2) is 8.03. The standard InChI is InChI=1S/C19H24N4O3/c1-3-23-19(25)17(22-10-5-4-6-11-22)16(13-20-23)21-18(24)14-8-7-9-15(12-14)26-2/h7-9,12-13H,3-6,10-11H2,1-2H3,(H,21,24). The maximum Gasteiger partial charge on any atom is 0.292 e. The molecule has 1 aliphatic heterocycles. The van der Waals surface area contributed by atoms with Gasteiger partial charge in [-0.25, -0.2) is 4.68 Å². The third-order valence-electron chi connectivity index (χ3n) is 4.57. The lowest BCUT2D eigenvalue weighted by Crippen LogP contribution is -2.37. The number of hydrogen-bond donors (Lipinski definition) is 1. The fraction of sp³-hybridized carbons (Fsp3) is 0.421. The summed E-state index contributed by atoms with van der Waals surface area (Å²) in [5.74, 6) is 0.311. The summed E-state index contributed by atoms with van der Waals surface area (Å²) in [6.07, 6.45) is 4.80. The summed E-state index contributed by atoms with van der Waals surface area (Å²) in [6.45, 7) is 3.99. The minimum Gasteiger partial charge on any atom is -0.497 e. The van der Waals surface area contributed by atoms with E-state index in [-0.39, 0.29) is 11.5 Å². The van der Waals surface area contributed by atoms with Crippen LogP contribution in [0.4, 0.5) is 11.4 Å². The van der Waals surface area contributed by atoms with E-state index in [9.17, 15) is 9.59 Å². The van der Waals surface area contributed by atoms with Gasteiger partial charge >= 0.3 is 0 Å². The van der Waals surface area contributed by atoms with Gasteiger partial charge in [-0.1, -0.05) is 6.07 Å². The van der Waals surface area contributed by atoms with Crippen LogP contribution in [0.5, 0.6) is 5.75 Å². The molecule has 0 unspecified atom stereocenters. The zero-order chi connectivity index (χ0) is 18.5. The molecule has 0 spiro atoms. The highest BCUT2D eigenvalue weighted by Gasteiger charge is 2.21. The largest absolute Gasteiger partial charge is 0.497 e. The van der Waals surface area contributed by atoms with Crippen LogP contribution in [0.15, 0.2) is 35.3 Å². The normalized spacial score (nSPS) is 14.2. The highest BCUT2D eigenvalue weighted by Crippen LogP contribution is 2.25. The molecule has 1 N–H and O–H groups in total. The SMILES string of the molecule is CCn1ncc(NC(=O)c2cccc(OC)c2)c(N2CCCCC2)c1=O. The molecule has 1 aliphatic rings. The van der Waals surface area contributed by atoms with Gasteiger partial charge in [-0.15, -0.1) is 0 Å². The molecule has 1 fully saturated rings. The van der Waals surface area contributed by atoms with Crippen LogP contribution >= 0.6 is 0 Å². The van der Waals surface area contributed by atoms with Gasteiger partial charge in [0.05, 0.1) is 19.0 Å². The lowest BCUT2D eigenvalue weighted by atomic mass is 10.1. The van der Waals surface area contributed by atoms with Crippen molar-refractivity contribution in [3.8, 4) is 5.75 Å². The number of methoxy groups -OCH3 is 1. The van der Waals surface area contributed by atoms with Crippen molar-refractivity contribution in [3.63, 3.8) is 0 Å². The van der Waals surface area contributed by atoms with Gasteiger partial charge in [0.1, 0.15) is 11.4 Å². The number of aryl methyl sites for hydroxylation is 1. The highest BCUT2D eigenvalue weighted by molar-refractivity contribution is 6.06. The smallest absolute Gasteiger partial charge is 0.292 e. The van der Waals surface area contributed by atoms with E-state index in [0.717, 1.165) is 32.4 Å². The van der Waals surface area contributed by atoms with E-state index in [2.05, 4.69) is 15.3 Å². The molecule has 0 aliphatic carbocycles. The van der Waals surface area contributed by atoms with Crippen LogP contribution in [0, 0.1) is 0 Å². The summed E-state index contributed by atoms with van der Waals surface area (Å²) in [7, 11) is 1.56. The Balaban J connectivity index is 1.94. The number of aromatic nitrogens is 2. The summed E-state index contributed by atoms with van der Waals surface area (Å²) in [5.41, 5.74) is 1.28. The summed E-state index contributed by atoms with van der Waals surface area (Å²) >= 11 is 0. The Labute approximate surface area is 152 Å². The van der Waals surface area contributed by atoms with Gasteiger partial charge in [0, 0.05) is 25.2 Å². The van der Waals surface area contributed by atoms with Crippen LogP contribution in [0.1, 0.15) is 36.5 Å². The predicted molar refractivity (Wildman–Crippen MR) is 101 cm³/mol. The molecule has 0 atom stereocenters. The molecular formula is C19H24N4O3. The highest BCUT2D eigenvalue weighted by atomic mass is 16.5. The fourth-order valence-corrected chi connectivity index (χ4v) is 3.18. The Morgan fingerprint density at radius 2 is 2.04 bits per heavy atom. The van der Waals surface area contributed by atoms with Crippen molar-refractivity contribution in [2.45, 2.75) is 32.7 Å². The lowest BCUT2D eigenvalue weighted by Gasteiger charge is -2.29. The van der Waals surface area contributed by atoms with Crippen LogP contribution < -0.4 is 20.5 Å². The van der Waals surface area contributed by atoms with Gasteiger partial charge in [0.25, 0.3) is 11.5 Å². The van der Waals surface area contributed by atoms with Crippen molar-refractivity contribution in [2.75, 3.05) is 30.4 Å². The molecule has 0 radical (unpaired) electrons. The van der Waals surface area contributed by atoms with E-state index in [1.165, 1.54) is 4.68 Å². The summed E-state index contributed by atoms with van der Waals surface area (Å²) < 4.78 is 6.59. The average Bonchev–Trinajstić information content (AvgIpc) is 2.69. The molecule has 7 heteroatoms. The molecule has 3 rings (SSSR count). The average molecular weight is 356 g/mol. The number of nitrogens with one attached hydrogen (secondary N) is 1. The molecule has 0 saturated carbocycles. The van der Waals surface area contributed by atoms with Crippen LogP contribution in [-0.2, 0) is 6.54 Å². The maximum absolute atomic E-state index is 12.8. The molecule has 2 aromatic rings. The van der Waals surface area contributed by atoms with Crippen molar-refractivity contribution in [3.05, 3.63) is 46.4 Å². The first-order valence-corrected chi connectivity index (χ1v) is 8.94. The van der Waals surface area contributed by atoms with Crippen molar-refractivity contribution in [1.29, 1.82) is 0 Å². The molecule has 138 valence electrons. The first-order chi connectivity index (χ1) is 12.6. The van der Waals surface area contributed by atoms with Gasteiger partial charge in [-0.2, -0.15) is 5.10 Å². The number of rotatable bonds is 5. The topological polar surface area (TPSA) is 76.5 Å². The Morgan fingerprint density at radius 1 is 1.27 bits per heavy atom. The number of carbonyl (C=O) groups is 1. The summed E-state index contributed by atoms with van der Waals surface area (Å²) in [4.78, 5) is 27.5. The Morgan fingerprint density at radius 3 is 2.73 bits per heavy atom. The maximum atomic E-state index is 12.8. The minimum atomic E-state index is -0.294. The monoisotopic (exact) mass is 356 g/mol. The zero-order valence-corrected chi connectivity index (χ0v) is 15.2. The quantitative estimate of drug-likeness (QED) is 0.891. The number of nitrogens with zero attached hydrogens (tertiary/aromatic N) is 3. The van der Waals surface area contributed by atoms with Crippen molar-refractivity contribution >= 4 is 17.3 Å². The molecular weight excluding hydrogens is 332 g/mol. The molecule has 0 bridgehead atoms. The van der Waals surface area contributed by atoms with Gasteiger partial charge in [0.2, 0.25) is 0 Å². The van der Waals surface area contributed by atoms with E-state index in [1.807, 2.05) is 6.92 Å². The predicted octanol–water partition coefficient (Wildman–Crippen LogP) is 2.51.